The van der Waals surface area contributed by atoms with Crippen LogP contribution in [0.4, 0.5) is 4.39 Å². The van der Waals surface area contributed by atoms with Gasteiger partial charge in [-0.15, -0.1) is 0 Å². The van der Waals surface area contributed by atoms with Crippen molar-refractivity contribution in [1.82, 2.24) is 9.80 Å². The van der Waals surface area contributed by atoms with E-state index in [-0.39, 0.29) is 11.7 Å². The van der Waals surface area contributed by atoms with E-state index in [0.29, 0.717) is 24.4 Å². The van der Waals surface area contributed by atoms with Crippen LogP contribution in [0, 0.1) is 5.82 Å². The van der Waals surface area contributed by atoms with Gasteiger partial charge in [0.1, 0.15) is 5.82 Å². The minimum absolute atomic E-state index is 0.0463. The number of carbonyl (C=O) groups is 1. The molecule has 1 aliphatic rings. The molecule has 1 amide bonds. The van der Waals surface area contributed by atoms with Gasteiger partial charge in [0.25, 0.3) is 0 Å². The molecule has 0 aliphatic carbocycles. The van der Waals surface area contributed by atoms with Gasteiger partial charge in [0.15, 0.2) is 11.5 Å². The van der Waals surface area contributed by atoms with Crippen molar-refractivity contribution in [1.29, 1.82) is 0 Å². The van der Waals surface area contributed by atoms with Gasteiger partial charge in [-0.25, -0.2) is 4.39 Å². The van der Waals surface area contributed by atoms with Gasteiger partial charge >= 0.3 is 0 Å². The average Bonchev–Trinajstić information content (AvgIpc) is 2.72. The first kappa shape index (κ1) is 19.9. The highest BCUT2D eigenvalue weighted by Gasteiger charge is 2.20. The third-order valence-corrected chi connectivity index (χ3v) is 4.81. The summed E-state index contributed by atoms with van der Waals surface area (Å²) in [6.07, 6.45) is 3.17. The fraction of sp³-hybridized carbons (Fsp3) is 0.318. The maximum absolute atomic E-state index is 13.2. The first-order chi connectivity index (χ1) is 13.6. The molecule has 0 saturated carbocycles. The number of amides is 1. The monoisotopic (exact) mass is 384 g/mol. The molecule has 1 aliphatic heterocycles. The molecule has 28 heavy (non-hydrogen) atoms. The first-order valence-corrected chi connectivity index (χ1v) is 9.25. The normalized spacial score (nSPS) is 15.0. The Morgan fingerprint density at radius 1 is 1.04 bits per heavy atom. The predicted molar refractivity (Wildman–Crippen MR) is 107 cm³/mol. The Bertz CT molecular complexity index is 845. The van der Waals surface area contributed by atoms with Crippen LogP contribution in [-0.2, 0) is 11.3 Å². The van der Waals surface area contributed by atoms with E-state index >= 15 is 0 Å². The van der Waals surface area contributed by atoms with Gasteiger partial charge in [-0.2, -0.15) is 0 Å². The fourth-order valence-electron chi connectivity index (χ4n) is 3.25. The van der Waals surface area contributed by atoms with Crippen molar-refractivity contribution in [2.24, 2.45) is 0 Å². The molecular formula is C22H25FN2O3. The van der Waals surface area contributed by atoms with Crippen molar-refractivity contribution in [3.63, 3.8) is 0 Å². The second-order valence-electron chi connectivity index (χ2n) is 6.68. The number of hydrogen-bond donors (Lipinski definition) is 0. The molecule has 0 N–H and O–H groups in total. The van der Waals surface area contributed by atoms with Crippen molar-refractivity contribution in [2.45, 2.75) is 6.54 Å². The van der Waals surface area contributed by atoms with E-state index in [1.54, 1.807) is 32.4 Å². The zero-order valence-electron chi connectivity index (χ0n) is 16.2. The van der Waals surface area contributed by atoms with Crippen molar-refractivity contribution in [2.75, 3.05) is 40.4 Å². The van der Waals surface area contributed by atoms with Crippen LogP contribution in [0.5, 0.6) is 11.5 Å². The zero-order chi connectivity index (χ0) is 19.9. The molecule has 6 heteroatoms. The van der Waals surface area contributed by atoms with Gasteiger partial charge in [0.2, 0.25) is 5.91 Å². The fourth-order valence-corrected chi connectivity index (χ4v) is 3.25. The van der Waals surface area contributed by atoms with Crippen LogP contribution in [0.3, 0.4) is 0 Å². The van der Waals surface area contributed by atoms with Crippen molar-refractivity contribution in [3.05, 3.63) is 65.5 Å². The Morgan fingerprint density at radius 2 is 1.79 bits per heavy atom. The van der Waals surface area contributed by atoms with Gasteiger partial charge in [-0.05, 0) is 41.5 Å². The lowest BCUT2D eigenvalue weighted by Gasteiger charge is -2.34. The number of rotatable bonds is 6. The van der Waals surface area contributed by atoms with E-state index in [1.165, 1.54) is 18.2 Å². The minimum Gasteiger partial charge on any atom is -0.493 e. The summed E-state index contributed by atoms with van der Waals surface area (Å²) in [5.41, 5.74) is 1.82. The number of benzene rings is 2. The number of piperazine rings is 1. The summed E-state index contributed by atoms with van der Waals surface area (Å²) in [6.45, 7) is 3.72. The van der Waals surface area contributed by atoms with E-state index in [2.05, 4.69) is 4.90 Å². The smallest absolute Gasteiger partial charge is 0.246 e. The molecule has 3 rings (SSSR count). The Kier molecular flexibility index (Phi) is 6.66. The Morgan fingerprint density at radius 3 is 2.46 bits per heavy atom. The lowest BCUT2D eigenvalue weighted by molar-refractivity contribution is -0.127. The number of ether oxygens (including phenoxy) is 2. The molecule has 1 saturated heterocycles. The molecule has 0 aromatic heterocycles. The molecule has 1 heterocycles. The summed E-state index contributed by atoms with van der Waals surface area (Å²) >= 11 is 0. The molecule has 5 nitrogen and oxygen atoms in total. The molecule has 1 fully saturated rings. The van der Waals surface area contributed by atoms with Crippen LogP contribution in [0.1, 0.15) is 11.1 Å². The van der Waals surface area contributed by atoms with Crippen LogP contribution in [0.15, 0.2) is 48.5 Å². The van der Waals surface area contributed by atoms with Crippen LogP contribution in [0.25, 0.3) is 6.08 Å². The van der Waals surface area contributed by atoms with Crippen molar-refractivity contribution in [3.8, 4) is 11.5 Å². The Hall–Kier alpha value is -2.86. The second kappa shape index (κ2) is 9.37. The molecule has 2 aromatic carbocycles. The number of nitrogens with zero attached hydrogens (tertiary/aromatic N) is 2. The summed E-state index contributed by atoms with van der Waals surface area (Å²) in [5.74, 6) is 1.08. The molecule has 2 aromatic rings. The molecule has 0 atom stereocenters. The van der Waals surface area contributed by atoms with Crippen molar-refractivity contribution < 1.29 is 18.7 Å². The number of carbonyl (C=O) groups excluding carboxylic acids is 1. The molecule has 148 valence electrons. The third-order valence-electron chi connectivity index (χ3n) is 4.81. The number of halogens is 1. The quantitative estimate of drug-likeness (QED) is 0.718. The van der Waals surface area contributed by atoms with Gasteiger partial charge in [-0.3, -0.25) is 9.69 Å². The molecule has 0 radical (unpaired) electrons. The number of methoxy groups -OCH3 is 2. The highest BCUT2D eigenvalue weighted by atomic mass is 19.1. The molecule has 0 unspecified atom stereocenters. The largest absolute Gasteiger partial charge is 0.493 e. The zero-order valence-corrected chi connectivity index (χ0v) is 16.2. The van der Waals surface area contributed by atoms with Crippen LogP contribution >= 0.6 is 0 Å². The highest BCUT2D eigenvalue weighted by molar-refractivity contribution is 5.91. The van der Waals surface area contributed by atoms with Crippen molar-refractivity contribution >= 4 is 12.0 Å². The summed E-state index contributed by atoms with van der Waals surface area (Å²) in [7, 11) is 3.25. The Balaban J connectivity index is 1.52. The van der Waals surface area contributed by atoms with E-state index in [4.69, 9.17) is 9.47 Å². The lowest BCUT2D eigenvalue weighted by Crippen LogP contribution is -2.47. The maximum Gasteiger partial charge on any atom is 0.246 e. The van der Waals surface area contributed by atoms with Gasteiger partial charge in [0.05, 0.1) is 14.2 Å². The molecular weight excluding hydrogens is 359 g/mol. The predicted octanol–water partition coefficient (Wildman–Crippen LogP) is 3.20. The minimum atomic E-state index is -0.307. The highest BCUT2D eigenvalue weighted by Crippen LogP contribution is 2.28. The summed E-state index contributed by atoms with van der Waals surface area (Å²) < 4.78 is 23.8. The van der Waals surface area contributed by atoms with Gasteiger partial charge in [0, 0.05) is 38.8 Å². The number of hydrogen-bond acceptors (Lipinski definition) is 4. The maximum atomic E-state index is 13.2. The third kappa shape index (κ3) is 5.10. The SMILES string of the molecule is COc1ccc(CN2CCN(C(=O)/C=C/c3cccc(F)c3)CC2)cc1OC. The summed E-state index contributed by atoms with van der Waals surface area (Å²) in [5, 5.41) is 0. The first-order valence-electron chi connectivity index (χ1n) is 9.25. The standard InChI is InChI=1S/C22H25FN2O3/c1-27-20-8-6-18(15-21(20)28-2)16-24-10-12-25(13-11-24)22(26)9-7-17-4-3-5-19(23)14-17/h3-9,14-15H,10-13,16H2,1-2H3/b9-7+. The summed E-state index contributed by atoms with van der Waals surface area (Å²) in [6, 6.07) is 12.1. The van der Waals surface area contributed by atoms with Crippen LogP contribution in [0.2, 0.25) is 0 Å². The van der Waals surface area contributed by atoms with Gasteiger partial charge in [-0.1, -0.05) is 18.2 Å². The lowest BCUT2D eigenvalue weighted by atomic mass is 10.1. The van der Waals surface area contributed by atoms with Crippen LogP contribution in [-0.4, -0.2) is 56.1 Å². The van der Waals surface area contributed by atoms with E-state index < -0.39 is 0 Å². The molecule has 0 bridgehead atoms. The van der Waals surface area contributed by atoms with E-state index in [1.807, 2.05) is 23.1 Å². The van der Waals surface area contributed by atoms with E-state index in [9.17, 15) is 9.18 Å². The Labute approximate surface area is 165 Å². The summed E-state index contributed by atoms with van der Waals surface area (Å²) in [4.78, 5) is 16.5. The second-order valence-corrected chi connectivity index (χ2v) is 6.68. The van der Waals surface area contributed by atoms with Gasteiger partial charge < -0.3 is 14.4 Å². The van der Waals surface area contributed by atoms with Crippen LogP contribution < -0.4 is 9.47 Å². The topological polar surface area (TPSA) is 42.0 Å². The van der Waals surface area contributed by atoms with E-state index in [0.717, 1.165) is 30.9 Å². The molecule has 0 spiro atoms. The average molecular weight is 384 g/mol.